The van der Waals surface area contributed by atoms with Gasteiger partial charge in [0.05, 0.1) is 5.69 Å². The van der Waals surface area contributed by atoms with Crippen molar-refractivity contribution in [1.82, 2.24) is 4.57 Å². The third-order valence-electron chi connectivity index (χ3n) is 3.38. The first-order valence-corrected chi connectivity index (χ1v) is 6.04. The lowest BCUT2D eigenvalue weighted by Gasteiger charge is -2.14. The largest absolute Gasteiger partial charge is 0.382 e. The second-order valence-electron chi connectivity index (χ2n) is 4.51. The zero-order valence-electron chi connectivity index (χ0n) is 10.2. The van der Waals surface area contributed by atoms with E-state index in [1.165, 1.54) is 0 Å². The lowest BCUT2D eigenvalue weighted by atomic mass is 9.99. The summed E-state index contributed by atoms with van der Waals surface area (Å²) < 4.78 is 1.95. The van der Waals surface area contributed by atoms with Crippen molar-refractivity contribution in [3.05, 3.63) is 72.1 Å². The van der Waals surface area contributed by atoms with Gasteiger partial charge in [-0.25, -0.2) is 0 Å². The fourth-order valence-electron chi connectivity index (χ4n) is 2.41. The first kappa shape index (κ1) is 11.1. The number of fused-ring (bicyclic) bond motifs is 1. The fraction of sp³-hybridized carbons (Fsp3) is 0.125. The van der Waals surface area contributed by atoms with Gasteiger partial charge in [-0.2, -0.15) is 0 Å². The van der Waals surface area contributed by atoms with Crippen molar-refractivity contribution < 1.29 is 5.11 Å². The lowest BCUT2D eigenvalue weighted by Crippen LogP contribution is -2.05. The molecule has 1 aromatic heterocycles. The van der Waals surface area contributed by atoms with Crippen molar-refractivity contribution in [2.24, 2.45) is 7.05 Å². The van der Waals surface area contributed by atoms with E-state index < -0.39 is 6.10 Å². The van der Waals surface area contributed by atoms with E-state index in [9.17, 15) is 5.11 Å². The quantitative estimate of drug-likeness (QED) is 0.727. The van der Waals surface area contributed by atoms with Crippen LogP contribution in [-0.4, -0.2) is 9.67 Å². The van der Waals surface area contributed by atoms with Crippen molar-refractivity contribution in [1.29, 1.82) is 0 Å². The molecular weight excluding hydrogens is 222 g/mol. The highest BCUT2D eigenvalue weighted by Crippen LogP contribution is 2.28. The van der Waals surface area contributed by atoms with Crippen LogP contribution in [-0.2, 0) is 7.05 Å². The highest BCUT2D eigenvalue weighted by Gasteiger charge is 2.15. The molecule has 0 aliphatic rings. The first-order chi connectivity index (χ1) is 8.77. The molecule has 0 aliphatic carbocycles. The molecule has 0 bridgehead atoms. The number of hydrogen-bond acceptors (Lipinski definition) is 1. The van der Waals surface area contributed by atoms with Crippen molar-refractivity contribution in [3.8, 4) is 0 Å². The van der Waals surface area contributed by atoms with Crippen LogP contribution in [0.1, 0.15) is 17.4 Å². The summed E-state index contributed by atoms with van der Waals surface area (Å²) in [6.45, 7) is 0. The Balaban J connectivity index is 2.18. The molecule has 3 rings (SSSR count). The third-order valence-corrected chi connectivity index (χ3v) is 3.38. The van der Waals surface area contributed by atoms with Gasteiger partial charge in [-0.3, -0.25) is 0 Å². The van der Waals surface area contributed by atoms with E-state index in [2.05, 4.69) is 18.2 Å². The third kappa shape index (κ3) is 1.71. The van der Waals surface area contributed by atoms with Gasteiger partial charge >= 0.3 is 0 Å². The minimum absolute atomic E-state index is 0.587. The number of aromatic nitrogens is 1. The molecule has 0 unspecified atom stereocenters. The maximum atomic E-state index is 10.5. The Morgan fingerprint density at radius 2 is 1.72 bits per heavy atom. The van der Waals surface area contributed by atoms with Gasteiger partial charge in [-0.05, 0) is 28.5 Å². The van der Waals surface area contributed by atoms with Crippen LogP contribution in [0.5, 0.6) is 0 Å². The molecule has 0 aliphatic heterocycles. The van der Waals surface area contributed by atoms with Crippen molar-refractivity contribution in [3.63, 3.8) is 0 Å². The minimum atomic E-state index is -0.587. The fourth-order valence-corrected chi connectivity index (χ4v) is 2.41. The normalized spacial score (nSPS) is 12.8. The van der Waals surface area contributed by atoms with Gasteiger partial charge in [0.1, 0.15) is 6.10 Å². The maximum Gasteiger partial charge on any atom is 0.120 e. The van der Waals surface area contributed by atoms with Gasteiger partial charge in [0.2, 0.25) is 0 Å². The Labute approximate surface area is 106 Å². The summed E-state index contributed by atoms with van der Waals surface area (Å²) in [6.07, 6.45) is 1.36. The highest BCUT2D eigenvalue weighted by molar-refractivity contribution is 5.86. The van der Waals surface area contributed by atoms with E-state index in [1.807, 2.05) is 54.2 Å². The molecule has 0 spiro atoms. The van der Waals surface area contributed by atoms with E-state index in [0.717, 1.165) is 22.0 Å². The molecule has 0 fully saturated rings. The molecule has 3 aromatic rings. The predicted molar refractivity (Wildman–Crippen MR) is 73.4 cm³/mol. The number of hydrogen-bond donors (Lipinski definition) is 1. The number of aliphatic hydroxyl groups is 1. The first-order valence-electron chi connectivity index (χ1n) is 6.04. The van der Waals surface area contributed by atoms with Crippen LogP contribution in [0.25, 0.3) is 10.8 Å². The summed E-state index contributed by atoms with van der Waals surface area (Å²) in [4.78, 5) is 0. The average Bonchev–Trinajstić information content (AvgIpc) is 2.83. The summed E-state index contributed by atoms with van der Waals surface area (Å²) in [5.41, 5.74) is 1.86. The molecule has 0 amide bonds. The molecule has 2 heteroatoms. The van der Waals surface area contributed by atoms with Gasteiger partial charge in [-0.1, -0.05) is 42.5 Å². The Morgan fingerprint density at radius 3 is 2.50 bits per heavy atom. The number of rotatable bonds is 2. The molecule has 0 saturated carbocycles. The summed E-state index contributed by atoms with van der Waals surface area (Å²) in [5.74, 6) is 0. The monoisotopic (exact) mass is 237 g/mol. The molecule has 1 heterocycles. The van der Waals surface area contributed by atoms with Gasteiger partial charge in [0.25, 0.3) is 0 Å². The molecule has 1 N–H and O–H groups in total. The molecule has 0 radical (unpaired) electrons. The molecule has 2 nitrogen and oxygen atoms in total. The second kappa shape index (κ2) is 4.31. The van der Waals surface area contributed by atoms with Crippen LogP contribution in [0.3, 0.4) is 0 Å². The summed E-state index contributed by atoms with van der Waals surface area (Å²) in [6, 6.07) is 18.1. The lowest BCUT2D eigenvalue weighted by molar-refractivity contribution is 0.213. The van der Waals surface area contributed by atoms with Crippen LogP contribution in [0, 0.1) is 0 Å². The Kier molecular flexibility index (Phi) is 2.65. The smallest absolute Gasteiger partial charge is 0.120 e. The van der Waals surface area contributed by atoms with E-state index in [-0.39, 0.29) is 0 Å². The van der Waals surface area contributed by atoms with Crippen molar-refractivity contribution >= 4 is 10.8 Å². The second-order valence-corrected chi connectivity index (χ2v) is 4.51. The van der Waals surface area contributed by atoms with Gasteiger partial charge in [-0.15, -0.1) is 0 Å². The minimum Gasteiger partial charge on any atom is -0.382 e. The van der Waals surface area contributed by atoms with Gasteiger partial charge in [0, 0.05) is 13.2 Å². The Bertz CT molecular complexity index is 679. The van der Waals surface area contributed by atoms with E-state index in [0.29, 0.717) is 0 Å². The molecule has 2 aromatic carbocycles. The van der Waals surface area contributed by atoms with Gasteiger partial charge in [0.15, 0.2) is 0 Å². The van der Waals surface area contributed by atoms with E-state index >= 15 is 0 Å². The van der Waals surface area contributed by atoms with Crippen LogP contribution in [0.15, 0.2) is 60.8 Å². The number of aryl methyl sites for hydroxylation is 1. The van der Waals surface area contributed by atoms with E-state index in [4.69, 9.17) is 0 Å². The van der Waals surface area contributed by atoms with Crippen molar-refractivity contribution in [2.45, 2.75) is 6.10 Å². The van der Waals surface area contributed by atoms with Crippen LogP contribution in [0.4, 0.5) is 0 Å². The summed E-state index contributed by atoms with van der Waals surface area (Å²) in [5, 5.41) is 12.8. The maximum absolute atomic E-state index is 10.5. The van der Waals surface area contributed by atoms with E-state index in [1.54, 1.807) is 0 Å². The van der Waals surface area contributed by atoms with Crippen LogP contribution < -0.4 is 0 Å². The molecule has 18 heavy (non-hydrogen) atoms. The molecular formula is C16H15NO. The predicted octanol–water partition coefficient (Wildman–Crippen LogP) is 3.26. The van der Waals surface area contributed by atoms with Gasteiger partial charge < -0.3 is 9.67 Å². The topological polar surface area (TPSA) is 25.2 Å². The zero-order chi connectivity index (χ0) is 12.5. The highest BCUT2D eigenvalue weighted by atomic mass is 16.3. The summed E-state index contributed by atoms with van der Waals surface area (Å²) in [7, 11) is 1.95. The standard InChI is InChI=1S/C16H15NO/c1-17-11-5-10-15(17)16(18)14-9-4-7-12-6-2-3-8-13(12)14/h2-11,16,18H,1H3/t16-/m0/s1. The molecule has 0 saturated heterocycles. The number of nitrogens with zero attached hydrogens (tertiary/aromatic N) is 1. The number of benzene rings is 2. The summed E-state index contributed by atoms with van der Waals surface area (Å²) >= 11 is 0. The molecule has 1 atom stereocenters. The zero-order valence-corrected chi connectivity index (χ0v) is 10.2. The number of aliphatic hydroxyl groups excluding tert-OH is 1. The van der Waals surface area contributed by atoms with Crippen LogP contribution >= 0.6 is 0 Å². The average molecular weight is 237 g/mol. The van der Waals surface area contributed by atoms with Crippen LogP contribution in [0.2, 0.25) is 0 Å². The Hall–Kier alpha value is -2.06. The molecule has 90 valence electrons. The Morgan fingerprint density at radius 1 is 0.944 bits per heavy atom. The SMILES string of the molecule is Cn1cccc1[C@@H](O)c1cccc2ccccc12. The van der Waals surface area contributed by atoms with Crippen molar-refractivity contribution in [2.75, 3.05) is 0 Å².